The molecule has 2 rings (SSSR count). The maximum Gasteiger partial charge on any atom is 0.338 e. The average Bonchev–Trinajstić information content (AvgIpc) is 2.62. The van der Waals surface area contributed by atoms with E-state index in [0.29, 0.717) is 0 Å². The first-order valence-electron chi connectivity index (χ1n) is 7.54. The summed E-state index contributed by atoms with van der Waals surface area (Å²) in [5, 5.41) is 12.9. The average molecular weight is 362 g/mol. The number of nitro benzene ring substituents is 1. The van der Waals surface area contributed by atoms with E-state index in [9.17, 15) is 24.1 Å². The predicted octanol–water partition coefficient (Wildman–Crippen LogP) is 2.93. The monoisotopic (exact) mass is 362 g/mol. The van der Waals surface area contributed by atoms with Crippen LogP contribution < -0.4 is 10.1 Å². The molecular weight excluding hydrogens is 347 g/mol. The van der Waals surface area contributed by atoms with E-state index >= 15 is 0 Å². The molecular formula is C17H15FN2O6. The topological polar surface area (TPSA) is 108 Å². The lowest BCUT2D eigenvalue weighted by molar-refractivity contribution is -0.384. The number of carbonyl (C=O) groups is 2. The SMILES string of the molecule is CCOC(=O)c1cccc(OCC(=O)Nc2cc([N+](=O)[O-])ccc2F)c1. The Morgan fingerprint density at radius 3 is 2.69 bits per heavy atom. The molecule has 0 saturated carbocycles. The number of nitrogens with one attached hydrogen (secondary N) is 1. The van der Waals surface area contributed by atoms with Gasteiger partial charge in [0, 0.05) is 12.1 Å². The van der Waals surface area contributed by atoms with Crippen molar-refractivity contribution in [3.63, 3.8) is 0 Å². The maximum atomic E-state index is 13.6. The number of halogens is 1. The van der Waals surface area contributed by atoms with Crippen molar-refractivity contribution in [2.24, 2.45) is 0 Å². The normalized spacial score (nSPS) is 10.1. The van der Waals surface area contributed by atoms with E-state index in [4.69, 9.17) is 9.47 Å². The maximum absolute atomic E-state index is 13.6. The minimum atomic E-state index is -0.812. The Morgan fingerprint density at radius 1 is 1.23 bits per heavy atom. The molecule has 26 heavy (non-hydrogen) atoms. The van der Waals surface area contributed by atoms with Crippen LogP contribution in [0.25, 0.3) is 0 Å². The predicted molar refractivity (Wildman–Crippen MR) is 89.6 cm³/mol. The van der Waals surface area contributed by atoms with E-state index < -0.39 is 29.2 Å². The molecule has 0 aliphatic rings. The number of nitrogens with zero attached hydrogens (tertiary/aromatic N) is 1. The lowest BCUT2D eigenvalue weighted by Crippen LogP contribution is -2.21. The minimum Gasteiger partial charge on any atom is -0.484 e. The van der Waals surface area contributed by atoms with Crippen molar-refractivity contribution in [1.82, 2.24) is 0 Å². The van der Waals surface area contributed by atoms with Gasteiger partial charge in [-0.15, -0.1) is 0 Å². The van der Waals surface area contributed by atoms with Gasteiger partial charge in [0.15, 0.2) is 6.61 Å². The van der Waals surface area contributed by atoms with Crippen molar-refractivity contribution >= 4 is 23.3 Å². The van der Waals surface area contributed by atoms with E-state index in [1.165, 1.54) is 18.2 Å². The molecule has 0 atom stereocenters. The number of anilines is 1. The number of benzene rings is 2. The van der Waals surface area contributed by atoms with Gasteiger partial charge in [-0.2, -0.15) is 0 Å². The van der Waals surface area contributed by atoms with E-state index in [1.807, 2.05) is 0 Å². The van der Waals surface area contributed by atoms with Crippen LogP contribution in [0.1, 0.15) is 17.3 Å². The van der Waals surface area contributed by atoms with Crippen LogP contribution in [0.3, 0.4) is 0 Å². The van der Waals surface area contributed by atoms with Crippen LogP contribution in [-0.4, -0.2) is 30.0 Å². The van der Waals surface area contributed by atoms with Crippen LogP contribution in [0.5, 0.6) is 5.75 Å². The second kappa shape index (κ2) is 8.56. The molecule has 0 aliphatic heterocycles. The molecule has 0 fully saturated rings. The van der Waals surface area contributed by atoms with Crippen LogP contribution >= 0.6 is 0 Å². The largest absolute Gasteiger partial charge is 0.484 e. The van der Waals surface area contributed by atoms with Crippen LogP contribution in [-0.2, 0) is 9.53 Å². The second-order valence-corrected chi connectivity index (χ2v) is 5.01. The molecule has 0 unspecified atom stereocenters. The van der Waals surface area contributed by atoms with Crippen molar-refractivity contribution in [3.8, 4) is 5.75 Å². The quantitative estimate of drug-likeness (QED) is 0.461. The van der Waals surface area contributed by atoms with E-state index in [-0.39, 0.29) is 29.3 Å². The number of hydrogen-bond acceptors (Lipinski definition) is 6. The molecule has 0 saturated heterocycles. The number of esters is 1. The molecule has 136 valence electrons. The number of carbonyl (C=O) groups excluding carboxylic acids is 2. The third-order valence-corrected chi connectivity index (χ3v) is 3.15. The third kappa shape index (κ3) is 5.00. The van der Waals surface area contributed by atoms with Gasteiger partial charge in [-0.3, -0.25) is 14.9 Å². The van der Waals surface area contributed by atoms with Gasteiger partial charge in [-0.05, 0) is 31.2 Å². The molecule has 1 amide bonds. The van der Waals surface area contributed by atoms with Gasteiger partial charge < -0.3 is 14.8 Å². The molecule has 0 bridgehead atoms. The van der Waals surface area contributed by atoms with Crippen LogP contribution in [0.4, 0.5) is 15.8 Å². The highest BCUT2D eigenvalue weighted by molar-refractivity contribution is 5.92. The van der Waals surface area contributed by atoms with Crippen LogP contribution in [0, 0.1) is 15.9 Å². The van der Waals surface area contributed by atoms with E-state index in [2.05, 4.69) is 5.32 Å². The molecule has 0 heterocycles. The molecule has 0 aromatic heterocycles. The van der Waals surface area contributed by atoms with Gasteiger partial charge >= 0.3 is 5.97 Å². The standard InChI is InChI=1S/C17H15FN2O6/c1-2-25-17(22)11-4-3-5-13(8-11)26-10-16(21)19-15-9-12(20(23)24)6-7-14(15)18/h3-9H,2,10H2,1H3,(H,19,21). The zero-order valence-electron chi connectivity index (χ0n) is 13.7. The summed E-state index contributed by atoms with van der Waals surface area (Å²) >= 11 is 0. The fourth-order valence-electron chi connectivity index (χ4n) is 1.99. The molecule has 2 aromatic rings. The van der Waals surface area contributed by atoms with Gasteiger partial charge in [-0.25, -0.2) is 9.18 Å². The molecule has 0 spiro atoms. The lowest BCUT2D eigenvalue weighted by atomic mass is 10.2. The zero-order valence-corrected chi connectivity index (χ0v) is 13.7. The minimum absolute atomic E-state index is 0.223. The number of non-ortho nitro benzene ring substituents is 1. The Morgan fingerprint density at radius 2 is 2.00 bits per heavy atom. The highest BCUT2D eigenvalue weighted by Gasteiger charge is 2.14. The van der Waals surface area contributed by atoms with Crippen molar-refractivity contribution in [1.29, 1.82) is 0 Å². The van der Waals surface area contributed by atoms with Crippen molar-refractivity contribution in [3.05, 3.63) is 64.0 Å². The van der Waals surface area contributed by atoms with Crippen molar-refractivity contribution < 1.29 is 28.4 Å². The number of hydrogen-bond donors (Lipinski definition) is 1. The van der Waals surface area contributed by atoms with Gasteiger partial charge in [0.25, 0.3) is 11.6 Å². The summed E-state index contributed by atoms with van der Waals surface area (Å²) in [5.74, 6) is -1.81. The molecule has 2 aromatic carbocycles. The number of rotatable bonds is 7. The highest BCUT2D eigenvalue weighted by Crippen LogP contribution is 2.21. The first kappa shape index (κ1) is 18.8. The Balaban J connectivity index is 1.99. The molecule has 9 heteroatoms. The first-order chi connectivity index (χ1) is 12.4. The summed E-state index contributed by atoms with van der Waals surface area (Å²) in [6.07, 6.45) is 0. The summed E-state index contributed by atoms with van der Waals surface area (Å²) in [6.45, 7) is 1.42. The summed E-state index contributed by atoms with van der Waals surface area (Å²) in [5.41, 5.74) is -0.424. The molecule has 0 aliphatic carbocycles. The lowest BCUT2D eigenvalue weighted by Gasteiger charge is -2.09. The van der Waals surface area contributed by atoms with Gasteiger partial charge in [0.1, 0.15) is 11.6 Å². The van der Waals surface area contributed by atoms with Gasteiger partial charge in [0.2, 0.25) is 0 Å². The van der Waals surface area contributed by atoms with Gasteiger partial charge in [-0.1, -0.05) is 6.07 Å². The molecule has 1 N–H and O–H groups in total. The van der Waals surface area contributed by atoms with Gasteiger partial charge in [0.05, 0.1) is 22.8 Å². The number of ether oxygens (including phenoxy) is 2. The fourth-order valence-corrected chi connectivity index (χ4v) is 1.99. The summed E-state index contributed by atoms with van der Waals surface area (Å²) in [4.78, 5) is 33.5. The van der Waals surface area contributed by atoms with E-state index in [0.717, 1.165) is 18.2 Å². The highest BCUT2D eigenvalue weighted by atomic mass is 19.1. The van der Waals surface area contributed by atoms with Crippen molar-refractivity contribution in [2.45, 2.75) is 6.92 Å². The van der Waals surface area contributed by atoms with Crippen LogP contribution in [0.15, 0.2) is 42.5 Å². The fraction of sp³-hybridized carbons (Fsp3) is 0.176. The number of nitro groups is 1. The number of amides is 1. The second-order valence-electron chi connectivity index (χ2n) is 5.01. The first-order valence-corrected chi connectivity index (χ1v) is 7.54. The Kier molecular flexibility index (Phi) is 6.20. The zero-order chi connectivity index (χ0) is 19.1. The summed E-state index contributed by atoms with van der Waals surface area (Å²) in [6, 6.07) is 8.81. The van der Waals surface area contributed by atoms with E-state index in [1.54, 1.807) is 13.0 Å². The molecule has 8 nitrogen and oxygen atoms in total. The third-order valence-electron chi connectivity index (χ3n) is 3.15. The Labute approximate surface area is 147 Å². The summed E-state index contributed by atoms with van der Waals surface area (Å²) < 4.78 is 23.8. The van der Waals surface area contributed by atoms with Crippen molar-refractivity contribution in [2.75, 3.05) is 18.5 Å². The Hall–Kier alpha value is -3.49. The van der Waals surface area contributed by atoms with Crippen LogP contribution in [0.2, 0.25) is 0 Å². The molecule has 0 radical (unpaired) electrons. The Bertz CT molecular complexity index is 840. The summed E-state index contributed by atoms with van der Waals surface area (Å²) in [7, 11) is 0. The smallest absolute Gasteiger partial charge is 0.338 e.